The van der Waals surface area contributed by atoms with Gasteiger partial charge in [-0.1, -0.05) is 109 Å². The van der Waals surface area contributed by atoms with Crippen LogP contribution in [0.5, 0.6) is 0 Å². The lowest BCUT2D eigenvalue weighted by Crippen LogP contribution is -2.11. The lowest BCUT2D eigenvalue weighted by Gasteiger charge is -2.28. The molecule has 0 aliphatic carbocycles. The van der Waals surface area contributed by atoms with Gasteiger partial charge in [0.2, 0.25) is 0 Å². The molecule has 0 fully saturated rings. The van der Waals surface area contributed by atoms with Crippen molar-refractivity contribution in [2.75, 3.05) is 4.90 Å². The fraction of sp³-hybridized carbons (Fsp3) is 0. The van der Waals surface area contributed by atoms with Crippen LogP contribution in [0.25, 0.3) is 70.0 Å². The minimum Gasteiger partial charge on any atom is -0.310 e. The van der Waals surface area contributed by atoms with Crippen molar-refractivity contribution in [3.05, 3.63) is 188 Å². The van der Waals surface area contributed by atoms with Gasteiger partial charge in [-0.15, -0.1) is 11.3 Å². The Balaban J connectivity index is 1.18. The maximum Gasteiger partial charge on any atom is 0.124 e. The van der Waals surface area contributed by atoms with Crippen LogP contribution in [0.4, 0.5) is 17.1 Å². The molecule has 0 unspecified atom stereocenters. The van der Waals surface area contributed by atoms with Crippen molar-refractivity contribution in [3.63, 3.8) is 0 Å². The van der Waals surface area contributed by atoms with E-state index in [9.17, 15) is 0 Å². The molecular formula is C47H31N3S. The summed E-state index contributed by atoms with van der Waals surface area (Å²) in [6.07, 6.45) is 1.88. The smallest absolute Gasteiger partial charge is 0.124 e. The molecule has 0 spiro atoms. The van der Waals surface area contributed by atoms with Crippen molar-refractivity contribution in [2.24, 2.45) is 0 Å². The Morgan fingerprint density at radius 3 is 2.00 bits per heavy atom. The summed E-state index contributed by atoms with van der Waals surface area (Å²) in [5.41, 5.74) is 11.6. The molecule has 10 aromatic rings. The zero-order chi connectivity index (χ0) is 33.7. The van der Waals surface area contributed by atoms with Gasteiger partial charge >= 0.3 is 0 Å². The third-order valence-electron chi connectivity index (χ3n) is 9.87. The average molecular weight is 670 g/mol. The fourth-order valence-corrected chi connectivity index (χ4v) is 8.67. The highest BCUT2D eigenvalue weighted by Crippen LogP contribution is 2.44. The summed E-state index contributed by atoms with van der Waals surface area (Å²) in [5.74, 6) is 0. The zero-order valence-corrected chi connectivity index (χ0v) is 28.5. The minimum absolute atomic E-state index is 1.07. The first kappa shape index (κ1) is 29.4. The highest BCUT2D eigenvalue weighted by atomic mass is 32.1. The molecule has 0 aliphatic heterocycles. The van der Waals surface area contributed by atoms with Gasteiger partial charge < -0.3 is 9.47 Å². The van der Waals surface area contributed by atoms with Crippen LogP contribution in [0, 0.1) is 0 Å². The SMILES string of the molecule is c1ccc(-c2ccccc2N(c2ccc(-c3cccc4sc5ncccc5c34)cc2)c2ccc3c(c2)c2ccccc2n3-c2ccccc2)cc1. The number of hydrogen-bond acceptors (Lipinski definition) is 3. The zero-order valence-electron chi connectivity index (χ0n) is 27.6. The van der Waals surface area contributed by atoms with Crippen molar-refractivity contribution >= 4 is 70.5 Å². The van der Waals surface area contributed by atoms with Crippen molar-refractivity contribution in [2.45, 2.75) is 0 Å². The van der Waals surface area contributed by atoms with Crippen molar-refractivity contribution < 1.29 is 0 Å². The predicted molar refractivity (Wildman–Crippen MR) is 217 cm³/mol. The number of nitrogens with zero attached hydrogens (tertiary/aromatic N) is 3. The topological polar surface area (TPSA) is 21.1 Å². The number of hydrogen-bond donors (Lipinski definition) is 0. The highest BCUT2D eigenvalue weighted by molar-refractivity contribution is 7.25. The van der Waals surface area contributed by atoms with Crippen molar-refractivity contribution in [3.8, 4) is 27.9 Å². The lowest BCUT2D eigenvalue weighted by molar-refractivity contribution is 1.18. The van der Waals surface area contributed by atoms with Crippen LogP contribution in [0.3, 0.4) is 0 Å². The van der Waals surface area contributed by atoms with E-state index in [2.05, 4.69) is 190 Å². The molecule has 7 aromatic carbocycles. The normalized spacial score (nSPS) is 11.5. The number of pyridine rings is 1. The van der Waals surface area contributed by atoms with E-state index in [4.69, 9.17) is 0 Å². The van der Waals surface area contributed by atoms with Crippen molar-refractivity contribution in [1.29, 1.82) is 0 Å². The molecule has 0 bridgehead atoms. The molecule has 0 atom stereocenters. The molecule has 0 amide bonds. The van der Waals surface area contributed by atoms with Gasteiger partial charge in [0.05, 0.1) is 16.7 Å². The quantitative estimate of drug-likeness (QED) is 0.176. The van der Waals surface area contributed by atoms with Crippen LogP contribution >= 0.6 is 11.3 Å². The number of thiophene rings is 1. The Morgan fingerprint density at radius 1 is 0.471 bits per heavy atom. The maximum atomic E-state index is 4.66. The maximum absolute atomic E-state index is 4.66. The van der Waals surface area contributed by atoms with E-state index in [0.717, 1.165) is 27.6 Å². The van der Waals surface area contributed by atoms with E-state index < -0.39 is 0 Å². The molecule has 0 saturated carbocycles. The Labute approximate surface area is 299 Å². The molecule has 3 nitrogen and oxygen atoms in total. The van der Waals surface area contributed by atoms with E-state index in [1.807, 2.05) is 12.3 Å². The van der Waals surface area contributed by atoms with E-state index in [0.29, 0.717) is 0 Å². The average Bonchev–Trinajstić information content (AvgIpc) is 3.75. The molecule has 240 valence electrons. The van der Waals surface area contributed by atoms with Crippen LogP contribution in [0.2, 0.25) is 0 Å². The summed E-state index contributed by atoms with van der Waals surface area (Å²) in [6.45, 7) is 0. The van der Waals surface area contributed by atoms with Gasteiger partial charge in [0.15, 0.2) is 0 Å². The van der Waals surface area contributed by atoms with Gasteiger partial charge in [0, 0.05) is 55.1 Å². The monoisotopic (exact) mass is 669 g/mol. The summed E-state index contributed by atoms with van der Waals surface area (Å²) in [4.78, 5) is 8.14. The summed E-state index contributed by atoms with van der Waals surface area (Å²) in [6, 6.07) is 65.5. The van der Waals surface area contributed by atoms with Crippen LogP contribution < -0.4 is 4.90 Å². The molecule has 0 aliphatic rings. The van der Waals surface area contributed by atoms with Crippen LogP contribution in [-0.2, 0) is 0 Å². The van der Waals surface area contributed by atoms with Gasteiger partial charge in [-0.2, -0.15) is 0 Å². The first-order chi connectivity index (χ1) is 25.3. The second-order valence-electron chi connectivity index (χ2n) is 12.8. The third kappa shape index (κ3) is 4.91. The molecule has 0 N–H and O–H groups in total. The molecule has 3 heterocycles. The number of anilines is 3. The van der Waals surface area contributed by atoms with Crippen LogP contribution in [0.15, 0.2) is 188 Å². The Kier molecular flexibility index (Phi) is 7.00. The third-order valence-corrected chi connectivity index (χ3v) is 10.9. The van der Waals surface area contributed by atoms with Gasteiger partial charge in [-0.05, 0) is 89.5 Å². The first-order valence-electron chi connectivity index (χ1n) is 17.2. The van der Waals surface area contributed by atoms with E-state index in [-0.39, 0.29) is 0 Å². The Bertz CT molecular complexity index is 2850. The molecular weight excluding hydrogens is 639 g/mol. The number of rotatable bonds is 6. The van der Waals surface area contributed by atoms with E-state index >= 15 is 0 Å². The van der Waals surface area contributed by atoms with Crippen LogP contribution in [0.1, 0.15) is 0 Å². The van der Waals surface area contributed by atoms with Gasteiger partial charge in [0.25, 0.3) is 0 Å². The van der Waals surface area contributed by atoms with Gasteiger partial charge in [-0.25, -0.2) is 4.98 Å². The number of benzene rings is 7. The first-order valence-corrected chi connectivity index (χ1v) is 18.0. The molecule has 51 heavy (non-hydrogen) atoms. The molecule has 4 heteroatoms. The number of fused-ring (bicyclic) bond motifs is 6. The molecule has 0 saturated heterocycles. The molecule has 3 aromatic heterocycles. The van der Waals surface area contributed by atoms with Crippen LogP contribution in [-0.4, -0.2) is 9.55 Å². The standard InChI is InChI=1S/C47H31N3S/c1-3-13-32(14-4-1)37-17-7-9-21-42(37)49(35-26-24-33(25-27-35)38-19-11-23-45-46(38)40-20-12-30-48-47(40)51-45)36-28-29-44-41(31-36)39-18-8-10-22-43(39)50(44)34-15-5-2-6-16-34/h1-31H. The largest absolute Gasteiger partial charge is 0.310 e. The van der Waals surface area contributed by atoms with Crippen molar-refractivity contribution in [1.82, 2.24) is 9.55 Å². The minimum atomic E-state index is 1.07. The second kappa shape index (κ2) is 12.1. The predicted octanol–water partition coefficient (Wildman–Crippen LogP) is 13.4. The molecule has 10 rings (SSSR count). The highest BCUT2D eigenvalue weighted by Gasteiger charge is 2.20. The molecule has 0 radical (unpaired) electrons. The van der Waals surface area contributed by atoms with Gasteiger partial charge in [-0.3, -0.25) is 0 Å². The number of aromatic nitrogens is 2. The lowest BCUT2D eigenvalue weighted by atomic mass is 9.99. The summed E-state index contributed by atoms with van der Waals surface area (Å²) >= 11 is 1.75. The Hall–Kier alpha value is -6.49. The van der Waals surface area contributed by atoms with E-state index in [1.54, 1.807) is 11.3 Å². The second-order valence-corrected chi connectivity index (χ2v) is 13.8. The summed E-state index contributed by atoms with van der Waals surface area (Å²) < 4.78 is 3.63. The fourth-order valence-electron chi connectivity index (χ4n) is 7.60. The number of para-hydroxylation sites is 3. The summed E-state index contributed by atoms with van der Waals surface area (Å²) in [5, 5.41) is 4.93. The summed E-state index contributed by atoms with van der Waals surface area (Å²) in [7, 11) is 0. The van der Waals surface area contributed by atoms with Gasteiger partial charge in [0.1, 0.15) is 4.83 Å². The Morgan fingerprint density at radius 2 is 1.14 bits per heavy atom. The van der Waals surface area contributed by atoms with E-state index in [1.165, 1.54) is 59.5 Å².